The second kappa shape index (κ2) is 8.13. The number of halogens is 2. The van der Waals surface area contributed by atoms with Gasteiger partial charge in [-0.05, 0) is 58.6 Å². The molecule has 0 fully saturated rings. The minimum absolute atomic E-state index is 0.114. The highest BCUT2D eigenvalue weighted by molar-refractivity contribution is 9.10. The van der Waals surface area contributed by atoms with Gasteiger partial charge >= 0.3 is 0 Å². The van der Waals surface area contributed by atoms with Crippen LogP contribution >= 0.6 is 34.7 Å². The smallest absolute Gasteiger partial charge is 0.224 e. The summed E-state index contributed by atoms with van der Waals surface area (Å²) in [6.45, 7) is 3.40. The molecule has 0 spiro atoms. The average Bonchev–Trinajstić information content (AvgIpc) is 2.55. The van der Waals surface area contributed by atoms with E-state index in [4.69, 9.17) is 17.0 Å². The number of hydrogen-bond donors (Lipinski definition) is 3. The van der Waals surface area contributed by atoms with Crippen molar-refractivity contribution >= 4 is 63.3 Å². The van der Waals surface area contributed by atoms with Crippen LogP contribution in [0.5, 0.6) is 0 Å². The maximum Gasteiger partial charge on any atom is 0.224 e. The van der Waals surface area contributed by atoms with Crippen LogP contribution in [-0.4, -0.2) is 36.6 Å². The quantitative estimate of drug-likeness (QED) is 0.356. The Morgan fingerprint density at radius 3 is 2.72 bits per heavy atom. The molecule has 1 heterocycles. The van der Waals surface area contributed by atoms with Crippen LogP contribution in [0.15, 0.2) is 35.1 Å². The fraction of sp³-hybridized carbons (Fsp3) is 0.188. The molecule has 3 N–H and O–H groups in total. The minimum Gasteiger partial charge on any atom is -0.393 e. The van der Waals surface area contributed by atoms with E-state index in [2.05, 4.69) is 36.5 Å². The lowest BCUT2D eigenvalue weighted by Crippen LogP contribution is -2.12. The predicted octanol–water partition coefficient (Wildman–Crippen LogP) is 4.09. The van der Waals surface area contributed by atoms with Crippen molar-refractivity contribution in [3.8, 4) is 0 Å². The molecule has 25 heavy (non-hydrogen) atoms. The number of allylic oxidation sites excluding steroid dienone is 1. The van der Waals surface area contributed by atoms with Crippen molar-refractivity contribution in [2.24, 2.45) is 0 Å². The van der Waals surface area contributed by atoms with Gasteiger partial charge in [0.05, 0.1) is 10.2 Å². The van der Waals surface area contributed by atoms with Gasteiger partial charge in [0.15, 0.2) is 0 Å². The summed E-state index contributed by atoms with van der Waals surface area (Å²) >= 11 is 9.23. The molecule has 2 rings (SSSR count). The van der Waals surface area contributed by atoms with Crippen molar-refractivity contribution < 1.29 is 4.57 Å². The molecule has 1 aromatic carbocycles. The first-order valence-corrected chi connectivity index (χ1v) is 11.1. The van der Waals surface area contributed by atoms with Crippen molar-refractivity contribution in [3.05, 3.63) is 45.9 Å². The van der Waals surface area contributed by atoms with Crippen LogP contribution in [0.2, 0.25) is 5.28 Å². The SMILES string of the molecule is CN/C=C(\C=N)c1ccc(Nc2nc(Cl)ncc2Br)c(P(C)(C)=O)c1. The van der Waals surface area contributed by atoms with Gasteiger partial charge in [-0.2, -0.15) is 4.98 Å². The third-order valence-corrected chi connectivity index (χ3v) is 5.63. The first-order valence-electron chi connectivity index (χ1n) is 7.29. The Kier molecular flexibility index (Phi) is 6.38. The predicted molar refractivity (Wildman–Crippen MR) is 109 cm³/mol. The Bertz CT molecular complexity index is 881. The van der Waals surface area contributed by atoms with Crippen molar-refractivity contribution in [2.45, 2.75) is 0 Å². The zero-order chi connectivity index (χ0) is 18.6. The largest absolute Gasteiger partial charge is 0.393 e. The summed E-state index contributed by atoms with van der Waals surface area (Å²) in [7, 11) is -0.828. The van der Waals surface area contributed by atoms with Gasteiger partial charge in [0.1, 0.15) is 13.0 Å². The number of benzene rings is 1. The molecule has 0 aliphatic heterocycles. The summed E-state index contributed by atoms with van der Waals surface area (Å²) in [6, 6.07) is 5.50. The first kappa shape index (κ1) is 19.6. The highest BCUT2D eigenvalue weighted by Gasteiger charge is 2.19. The van der Waals surface area contributed by atoms with Gasteiger partial charge in [-0.15, -0.1) is 0 Å². The molecule has 0 bridgehead atoms. The maximum atomic E-state index is 12.8. The molecule has 0 saturated carbocycles. The molecule has 0 atom stereocenters. The molecule has 2 aromatic rings. The van der Waals surface area contributed by atoms with Gasteiger partial charge < -0.3 is 20.6 Å². The van der Waals surface area contributed by atoms with Crippen molar-refractivity contribution in [2.75, 3.05) is 25.7 Å². The maximum absolute atomic E-state index is 12.8. The Morgan fingerprint density at radius 1 is 1.40 bits per heavy atom. The van der Waals surface area contributed by atoms with E-state index in [0.29, 0.717) is 26.9 Å². The van der Waals surface area contributed by atoms with E-state index in [1.807, 2.05) is 18.2 Å². The van der Waals surface area contributed by atoms with Crippen molar-refractivity contribution in [3.63, 3.8) is 0 Å². The number of nitrogens with one attached hydrogen (secondary N) is 3. The van der Waals surface area contributed by atoms with Crippen LogP contribution in [0.25, 0.3) is 5.57 Å². The highest BCUT2D eigenvalue weighted by atomic mass is 79.9. The highest BCUT2D eigenvalue weighted by Crippen LogP contribution is 2.39. The number of rotatable bonds is 6. The van der Waals surface area contributed by atoms with Gasteiger partial charge in [-0.1, -0.05) is 6.07 Å². The Balaban J connectivity index is 2.55. The summed E-state index contributed by atoms with van der Waals surface area (Å²) in [5, 5.41) is 14.4. The summed E-state index contributed by atoms with van der Waals surface area (Å²) in [5.74, 6) is 0.487. The lowest BCUT2D eigenvalue weighted by molar-refractivity contribution is 0.588. The summed E-state index contributed by atoms with van der Waals surface area (Å²) in [6.07, 6.45) is 4.52. The third kappa shape index (κ3) is 4.91. The fourth-order valence-corrected chi connectivity index (χ4v) is 3.77. The fourth-order valence-electron chi connectivity index (χ4n) is 2.19. The molecule has 0 amide bonds. The number of aromatic nitrogens is 2. The average molecular weight is 443 g/mol. The van der Waals surface area contributed by atoms with E-state index in [9.17, 15) is 4.57 Å². The standard InChI is InChI=1S/C16H18BrClN5OP/c1-20-8-11(7-19)10-4-5-13(14(6-10)25(2,3)24)22-15-12(17)9-21-16(18)23-15/h4-9,19-20H,1-3H3,(H,21,22,23)/b11-8+,19-7?. The normalized spacial score (nSPS) is 12.0. The minimum atomic E-state index is -2.59. The number of hydrogen-bond acceptors (Lipinski definition) is 6. The van der Waals surface area contributed by atoms with Gasteiger partial charge in [0.2, 0.25) is 5.28 Å². The van der Waals surface area contributed by atoms with E-state index < -0.39 is 7.14 Å². The lowest BCUT2D eigenvalue weighted by atomic mass is 10.1. The van der Waals surface area contributed by atoms with Crippen molar-refractivity contribution in [1.82, 2.24) is 15.3 Å². The molecule has 0 aliphatic rings. The van der Waals surface area contributed by atoms with Crippen LogP contribution in [-0.2, 0) is 4.57 Å². The van der Waals surface area contributed by atoms with Crippen LogP contribution in [0.4, 0.5) is 11.5 Å². The molecule has 1 aromatic heterocycles. The monoisotopic (exact) mass is 441 g/mol. The van der Waals surface area contributed by atoms with Crippen LogP contribution in [0, 0.1) is 5.41 Å². The first-order chi connectivity index (χ1) is 11.8. The van der Waals surface area contributed by atoms with E-state index in [1.54, 1.807) is 32.8 Å². The summed E-state index contributed by atoms with van der Waals surface area (Å²) in [5.41, 5.74) is 2.16. The summed E-state index contributed by atoms with van der Waals surface area (Å²) < 4.78 is 13.4. The summed E-state index contributed by atoms with van der Waals surface area (Å²) in [4.78, 5) is 8.04. The van der Waals surface area contributed by atoms with E-state index in [1.165, 1.54) is 6.21 Å². The molecule has 132 valence electrons. The molecule has 6 nitrogen and oxygen atoms in total. The Labute approximate surface area is 160 Å². The second-order valence-corrected chi connectivity index (χ2v) is 9.95. The zero-order valence-electron chi connectivity index (χ0n) is 14.0. The zero-order valence-corrected chi connectivity index (χ0v) is 17.2. The van der Waals surface area contributed by atoms with E-state index in [-0.39, 0.29) is 5.28 Å². The molecule has 0 unspecified atom stereocenters. The van der Waals surface area contributed by atoms with E-state index in [0.717, 1.165) is 5.56 Å². The molecule has 0 aliphatic carbocycles. The Morgan fingerprint density at radius 2 is 2.12 bits per heavy atom. The van der Waals surface area contributed by atoms with Gasteiger partial charge in [0.25, 0.3) is 0 Å². The molecular formula is C16H18BrClN5OP. The molecular weight excluding hydrogens is 425 g/mol. The topological polar surface area (TPSA) is 90.8 Å². The van der Waals surface area contributed by atoms with Gasteiger partial charge in [-0.25, -0.2) is 4.98 Å². The van der Waals surface area contributed by atoms with Crippen LogP contribution < -0.4 is 15.9 Å². The Hall–Kier alpha value is -1.69. The second-order valence-electron chi connectivity index (χ2n) is 5.58. The lowest BCUT2D eigenvalue weighted by Gasteiger charge is -2.17. The number of nitrogens with zero attached hydrogens (tertiary/aromatic N) is 2. The number of anilines is 2. The van der Waals surface area contributed by atoms with E-state index >= 15 is 0 Å². The van der Waals surface area contributed by atoms with Crippen LogP contribution in [0.3, 0.4) is 0 Å². The molecule has 9 heteroatoms. The van der Waals surface area contributed by atoms with Crippen LogP contribution in [0.1, 0.15) is 5.56 Å². The third-order valence-electron chi connectivity index (χ3n) is 3.33. The molecule has 0 saturated heterocycles. The van der Waals surface area contributed by atoms with Crippen molar-refractivity contribution in [1.29, 1.82) is 5.41 Å². The van der Waals surface area contributed by atoms with Gasteiger partial charge in [0, 0.05) is 36.5 Å². The van der Waals surface area contributed by atoms with Gasteiger partial charge in [-0.3, -0.25) is 0 Å². The molecule has 0 radical (unpaired) electrons.